The van der Waals surface area contributed by atoms with Gasteiger partial charge in [0, 0.05) is 24.2 Å². The number of hydrogen-bond donors (Lipinski definition) is 2. The third-order valence-electron chi connectivity index (χ3n) is 3.38. The lowest BCUT2D eigenvalue weighted by Crippen LogP contribution is -2.25. The molecule has 0 aliphatic carbocycles. The molecule has 0 atom stereocenters. The summed E-state index contributed by atoms with van der Waals surface area (Å²) >= 11 is 6.12. The summed E-state index contributed by atoms with van der Waals surface area (Å²) in [5, 5.41) is 6.72. The van der Waals surface area contributed by atoms with Gasteiger partial charge in [0.25, 0.3) is 5.91 Å². The Labute approximate surface area is 141 Å². The quantitative estimate of drug-likeness (QED) is 0.724. The number of amides is 1. The van der Waals surface area contributed by atoms with Crippen LogP contribution >= 0.6 is 11.6 Å². The summed E-state index contributed by atoms with van der Waals surface area (Å²) in [6.45, 7) is 3.33. The zero-order chi connectivity index (χ0) is 16.5. The standard InChI is InChI=1S/C17H21ClN4O/c1-2-3-6-9-19-17(23)15-10-16(22-12-21-15)20-11-13-7-4-5-8-14(13)18/h4-5,7-8,10,12H,2-3,6,9,11H2,1H3,(H,19,23)(H,20,21,22). The highest BCUT2D eigenvalue weighted by Gasteiger charge is 2.08. The minimum absolute atomic E-state index is 0.177. The van der Waals surface area contributed by atoms with Crippen molar-refractivity contribution in [3.05, 3.63) is 52.9 Å². The highest BCUT2D eigenvalue weighted by molar-refractivity contribution is 6.31. The molecule has 0 aliphatic rings. The van der Waals surface area contributed by atoms with Crippen LogP contribution in [0.1, 0.15) is 42.2 Å². The van der Waals surface area contributed by atoms with Gasteiger partial charge < -0.3 is 10.6 Å². The van der Waals surface area contributed by atoms with E-state index in [0.717, 1.165) is 24.8 Å². The summed E-state index contributed by atoms with van der Waals surface area (Å²) in [6.07, 6.45) is 4.59. The molecule has 5 nitrogen and oxygen atoms in total. The van der Waals surface area contributed by atoms with Gasteiger partial charge in [0.05, 0.1) is 0 Å². The molecule has 6 heteroatoms. The maximum atomic E-state index is 12.0. The van der Waals surface area contributed by atoms with Gasteiger partial charge in [-0.25, -0.2) is 9.97 Å². The molecule has 1 aromatic heterocycles. The molecule has 1 heterocycles. The maximum Gasteiger partial charge on any atom is 0.270 e. The highest BCUT2D eigenvalue weighted by atomic mass is 35.5. The molecular weight excluding hydrogens is 312 g/mol. The third kappa shape index (κ3) is 5.53. The van der Waals surface area contributed by atoms with Crippen molar-refractivity contribution in [1.29, 1.82) is 0 Å². The fourth-order valence-corrected chi connectivity index (χ4v) is 2.28. The molecular formula is C17H21ClN4O. The van der Waals surface area contributed by atoms with E-state index in [9.17, 15) is 4.79 Å². The van der Waals surface area contributed by atoms with Crippen molar-refractivity contribution in [3.63, 3.8) is 0 Å². The zero-order valence-corrected chi connectivity index (χ0v) is 13.9. The van der Waals surface area contributed by atoms with Gasteiger partial charge >= 0.3 is 0 Å². The second kappa shape index (κ2) is 9.10. The van der Waals surface area contributed by atoms with E-state index in [4.69, 9.17) is 11.6 Å². The Hall–Kier alpha value is -2.14. The van der Waals surface area contributed by atoms with Gasteiger partial charge in [-0.1, -0.05) is 49.6 Å². The van der Waals surface area contributed by atoms with Crippen LogP contribution in [0.5, 0.6) is 0 Å². The Balaban J connectivity index is 1.91. The topological polar surface area (TPSA) is 66.9 Å². The molecule has 0 unspecified atom stereocenters. The van der Waals surface area contributed by atoms with Crippen molar-refractivity contribution in [2.24, 2.45) is 0 Å². The average molecular weight is 333 g/mol. The number of anilines is 1. The molecule has 122 valence electrons. The number of nitrogens with zero attached hydrogens (tertiary/aromatic N) is 2. The SMILES string of the molecule is CCCCCNC(=O)c1cc(NCc2ccccc2Cl)ncn1. The van der Waals surface area contributed by atoms with E-state index in [1.807, 2.05) is 24.3 Å². The minimum atomic E-state index is -0.177. The number of aromatic nitrogens is 2. The Morgan fingerprint density at radius 2 is 2.04 bits per heavy atom. The number of hydrogen-bond acceptors (Lipinski definition) is 4. The van der Waals surface area contributed by atoms with Crippen LogP contribution in [-0.2, 0) is 6.54 Å². The predicted molar refractivity (Wildman–Crippen MR) is 92.7 cm³/mol. The third-order valence-corrected chi connectivity index (χ3v) is 3.75. The first-order chi connectivity index (χ1) is 11.2. The van der Waals surface area contributed by atoms with Crippen LogP contribution in [0.4, 0.5) is 5.82 Å². The number of carbonyl (C=O) groups excluding carboxylic acids is 1. The van der Waals surface area contributed by atoms with Gasteiger partial charge in [-0.3, -0.25) is 4.79 Å². The van der Waals surface area contributed by atoms with Crippen LogP contribution in [-0.4, -0.2) is 22.4 Å². The average Bonchev–Trinajstić information content (AvgIpc) is 2.58. The Morgan fingerprint density at radius 1 is 1.22 bits per heavy atom. The molecule has 2 N–H and O–H groups in total. The summed E-state index contributed by atoms with van der Waals surface area (Å²) in [6, 6.07) is 9.24. The van der Waals surface area contributed by atoms with Gasteiger partial charge in [0.1, 0.15) is 17.8 Å². The maximum absolute atomic E-state index is 12.0. The molecule has 1 amide bonds. The van der Waals surface area contributed by atoms with E-state index < -0.39 is 0 Å². The van der Waals surface area contributed by atoms with Crippen molar-refractivity contribution < 1.29 is 4.79 Å². The number of benzene rings is 1. The Bertz CT molecular complexity index is 648. The lowest BCUT2D eigenvalue weighted by molar-refractivity contribution is 0.0948. The molecule has 0 aliphatic heterocycles. The van der Waals surface area contributed by atoms with Crippen LogP contribution < -0.4 is 10.6 Å². The van der Waals surface area contributed by atoms with Crippen LogP contribution in [0.15, 0.2) is 36.7 Å². The molecule has 0 fully saturated rings. The summed E-state index contributed by atoms with van der Waals surface area (Å²) in [7, 11) is 0. The Kier molecular flexibility index (Phi) is 6.81. The molecule has 23 heavy (non-hydrogen) atoms. The number of halogens is 1. The van der Waals surface area contributed by atoms with Crippen LogP contribution in [0.25, 0.3) is 0 Å². The van der Waals surface area contributed by atoms with Crippen LogP contribution in [0.3, 0.4) is 0 Å². The largest absolute Gasteiger partial charge is 0.366 e. The van der Waals surface area contributed by atoms with Gasteiger partial charge in [-0.2, -0.15) is 0 Å². The number of unbranched alkanes of at least 4 members (excludes halogenated alkanes) is 2. The number of carbonyl (C=O) groups is 1. The lowest BCUT2D eigenvalue weighted by Gasteiger charge is -2.08. The predicted octanol–water partition coefficient (Wildman–Crippen LogP) is 3.66. The summed E-state index contributed by atoms with van der Waals surface area (Å²) in [5.74, 6) is 0.419. The molecule has 2 rings (SSSR count). The number of rotatable bonds is 8. The van der Waals surface area contributed by atoms with E-state index in [1.165, 1.54) is 6.33 Å². The van der Waals surface area contributed by atoms with E-state index >= 15 is 0 Å². The van der Waals surface area contributed by atoms with E-state index in [0.29, 0.717) is 29.6 Å². The molecule has 2 aromatic rings. The normalized spacial score (nSPS) is 10.3. The monoisotopic (exact) mass is 332 g/mol. The fraction of sp³-hybridized carbons (Fsp3) is 0.353. The minimum Gasteiger partial charge on any atom is -0.366 e. The highest BCUT2D eigenvalue weighted by Crippen LogP contribution is 2.16. The lowest BCUT2D eigenvalue weighted by atomic mass is 10.2. The van der Waals surface area contributed by atoms with Crippen molar-refractivity contribution >= 4 is 23.3 Å². The van der Waals surface area contributed by atoms with Crippen LogP contribution in [0, 0.1) is 0 Å². The van der Waals surface area contributed by atoms with Crippen LogP contribution in [0.2, 0.25) is 5.02 Å². The summed E-state index contributed by atoms with van der Waals surface area (Å²) in [4.78, 5) is 20.2. The van der Waals surface area contributed by atoms with Crippen molar-refractivity contribution in [2.75, 3.05) is 11.9 Å². The molecule has 0 spiro atoms. The molecule has 0 saturated heterocycles. The first-order valence-electron chi connectivity index (χ1n) is 7.78. The first kappa shape index (κ1) is 17.2. The van der Waals surface area contributed by atoms with Crippen molar-refractivity contribution in [2.45, 2.75) is 32.7 Å². The second-order valence-electron chi connectivity index (χ2n) is 5.20. The molecule has 0 saturated carbocycles. The van der Waals surface area contributed by atoms with Crippen molar-refractivity contribution in [3.8, 4) is 0 Å². The molecule has 1 aromatic carbocycles. The fourth-order valence-electron chi connectivity index (χ4n) is 2.07. The summed E-state index contributed by atoms with van der Waals surface area (Å²) < 4.78 is 0. The van der Waals surface area contributed by atoms with Gasteiger partial charge in [-0.05, 0) is 18.1 Å². The second-order valence-corrected chi connectivity index (χ2v) is 5.60. The number of nitrogens with one attached hydrogen (secondary N) is 2. The Morgan fingerprint density at radius 3 is 2.83 bits per heavy atom. The molecule has 0 bridgehead atoms. The first-order valence-corrected chi connectivity index (χ1v) is 8.16. The van der Waals surface area contributed by atoms with E-state index in [1.54, 1.807) is 6.07 Å². The smallest absolute Gasteiger partial charge is 0.270 e. The summed E-state index contributed by atoms with van der Waals surface area (Å²) in [5.41, 5.74) is 1.33. The van der Waals surface area contributed by atoms with Gasteiger partial charge in [0.15, 0.2) is 0 Å². The molecule has 0 radical (unpaired) electrons. The van der Waals surface area contributed by atoms with Gasteiger partial charge in [-0.15, -0.1) is 0 Å². The van der Waals surface area contributed by atoms with E-state index in [-0.39, 0.29) is 5.91 Å². The van der Waals surface area contributed by atoms with E-state index in [2.05, 4.69) is 27.5 Å². The van der Waals surface area contributed by atoms with Gasteiger partial charge in [0.2, 0.25) is 0 Å². The zero-order valence-electron chi connectivity index (χ0n) is 13.2. The van der Waals surface area contributed by atoms with Crippen molar-refractivity contribution in [1.82, 2.24) is 15.3 Å².